The number of benzene rings is 7. The Hall–Kier alpha value is -5.40. The Kier molecular flexibility index (Phi) is 2.33. The molecule has 8 rings (SSSR count). The van der Waals surface area contributed by atoms with E-state index in [1.165, 1.54) is 18.2 Å². The zero-order valence-electron chi connectivity index (χ0n) is 43.6. The van der Waals surface area contributed by atoms with Crippen molar-refractivity contribution in [2.75, 3.05) is 0 Å². The minimum absolute atomic E-state index is 0.163. The molecule has 0 aliphatic carbocycles. The van der Waals surface area contributed by atoms with E-state index >= 15 is 0 Å². The molecule has 0 radical (unpaired) electrons. The lowest BCUT2D eigenvalue weighted by atomic mass is 9.84. The second-order valence-corrected chi connectivity index (χ2v) is 8.74. The predicted octanol–water partition coefficient (Wildman–Crippen LogP) is 11.4. The van der Waals surface area contributed by atoms with E-state index in [0.717, 1.165) is 0 Å². The lowest BCUT2D eigenvalue weighted by Crippen LogP contribution is -1.91. The Morgan fingerprint density at radius 2 is 0.854 bits per heavy atom. The van der Waals surface area contributed by atoms with Gasteiger partial charge in [-0.25, -0.2) is 0 Å². The summed E-state index contributed by atoms with van der Waals surface area (Å²) in [5.41, 5.74) is -3.78. The van der Waals surface area contributed by atoms with Crippen molar-refractivity contribution in [1.82, 2.24) is 0 Å². The fourth-order valence-corrected chi connectivity index (χ4v) is 4.99. The lowest BCUT2D eigenvalue weighted by molar-refractivity contribution is 0.633. The molecule has 7 aromatic carbocycles. The van der Waals surface area contributed by atoms with Crippen molar-refractivity contribution in [1.29, 1.82) is 0 Å². The van der Waals surface area contributed by atoms with Gasteiger partial charge < -0.3 is 4.42 Å². The van der Waals surface area contributed by atoms with Crippen molar-refractivity contribution in [3.8, 4) is 44.7 Å². The maximum Gasteiger partial charge on any atom is 0.143 e. The fraction of sp³-hybridized carbons (Fsp3) is 0. The fourth-order valence-electron chi connectivity index (χ4n) is 4.99. The molecule has 0 N–H and O–H groups in total. The molecule has 1 aromatic heterocycles. The highest BCUT2D eigenvalue weighted by molar-refractivity contribution is 6.25. The molecule has 0 fully saturated rings. The smallest absolute Gasteiger partial charge is 0.143 e. The van der Waals surface area contributed by atoms with Crippen molar-refractivity contribution in [2.24, 2.45) is 0 Å². The van der Waals surface area contributed by atoms with E-state index in [4.69, 9.17) is 30.5 Å². The third-order valence-electron chi connectivity index (χ3n) is 6.59. The SMILES string of the molecule is [2H]c1c([2H])c([2H])c(-c2oc3c(-c4c([2H])c([2H])c([2H])c([2H])c4[2H])cccc3c2-c2c3c([2H])c([2H])c([2H])c([2H])c3c(-c3c([2H])c([2H])c([2H])c([2H])c3[2H])c3c([2H])c([2H])c([2H])c([2H])c23)c([2H])c1[2H]. The summed E-state index contributed by atoms with van der Waals surface area (Å²) >= 11 is 0. The van der Waals surface area contributed by atoms with Gasteiger partial charge in [0.2, 0.25) is 0 Å². The number of furan rings is 1. The molecule has 192 valence electrons. The largest absolute Gasteiger partial charge is 0.455 e. The van der Waals surface area contributed by atoms with Crippen molar-refractivity contribution in [2.45, 2.75) is 0 Å². The third-order valence-corrected chi connectivity index (χ3v) is 6.59. The first-order valence-electron chi connectivity index (χ1n) is 23.7. The van der Waals surface area contributed by atoms with E-state index in [9.17, 15) is 5.48 Å². The molecule has 1 nitrogen and oxygen atoms in total. The van der Waals surface area contributed by atoms with Gasteiger partial charge in [-0.15, -0.1) is 0 Å². The highest BCUT2D eigenvalue weighted by atomic mass is 16.3. The van der Waals surface area contributed by atoms with Gasteiger partial charge in [0.15, 0.2) is 0 Å². The Bertz CT molecular complexity index is 3310. The van der Waals surface area contributed by atoms with E-state index in [1.54, 1.807) is 0 Å². The zero-order valence-corrected chi connectivity index (χ0v) is 20.6. The van der Waals surface area contributed by atoms with Gasteiger partial charge in [-0.05, 0) is 38.2 Å². The van der Waals surface area contributed by atoms with Crippen LogP contribution in [-0.4, -0.2) is 0 Å². The lowest BCUT2D eigenvalue weighted by Gasteiger charge is -2.18. The molecule has 0 bridgehead atoms. The van der Waals surface area contributed by atoms with Crippen LogP contribution in [0.3, 0.4) is 0 Å². The first-order valence-corrected chi connectivity index (χ1v) is 12.2. The highest BCUT2D eigenvalue weighted by Crippen LogP contribution is 2.50. The van der Waals surface area contributed by atoms with Crippen LogP contribution in [0.1, 0.15) is 31.5 Å². The van der Waals surface area contributed by atoms with Crippen molar-refractivity contribution in [3.05, 3.63) is 157 Å². The van der Waals surface area contributed by atoms with Gasteiger partial charge in [-0.3, -0.25) is 0 Å². The van der Waals surface area contributed by atoms with Gasteiger partial charge >= 0.3 is 0 Å². The molecule has 8 aromatic rings. The molecule has 0 saturated heterocycles. The van der Waals surface area contributed by atoms with Crippen LogP contribution in [0.25, 0.3) is 77.2 Å². The minimum atomic E-state index is -0.900. The zero-order chi connectivity index (χ0) is 47.2. The van der Waals surface area contributed by atoms with Crippen LogP contribution < -0.4 is 0 Å². The number of fused-ring (bicyclic) bond motifs is 3. The molecule has 0 amide bonds. The molecular weight excluding hydrogens is 496 g/mol. The molecule has 0 aliphatic heterocycles. The van der Waals surface area contributed by atoms with Crippen LogP contribution in [0.2, 0.25) is 0 Å². The molecule has 0 spiro atoms. The van der Waals surface area contributed by atoms with Gasteiger partial charge in [-0.1, -0.05) is 157 Å². The number of para-hydroxylation sites is 1. The number of hydrogen-bond acceptors (Lipinski definition) is 1. The molecule has 1 heterocycles. The molecule has 0 saturated carbocycles. The number of rotatable bonds is 4. The molecule has 0 atom stereocenters. The summed E-state index contributed by atoms with van der Waals surface area (Å²) in [5.74, 6) is -0.634. The summed E-state index contributed by atoms with van der Waals surface area (Å²) in [5, 5.41) is -2.51. The van der Waals surface area contributed by atoms with Gasteiger partial charge in [0.25, 0.3) is 0 Å². The Balaban J connectivity index is 1.78. The van der Waals surface area contributed by atoms with Crippen LogP contribution in [0.4, 0.5) is 0 Å². The number of hydrogen-bond donors (Lipinski definition) is 0. The van der Waals surface area contributed by atoms with E-state index in [-0.39, 0.29) is 16.5 Å². The van der Waals surface area contributed by atoms with Crippen molar-refractivity contribution < 1.29 is 35.9 Å². The first kappa shape index (κ1) is 9.90. The summed E-state index contributed by atoms with van der Waals surface area (Å²) in [7, 11) is 0. The van der Waals surface area contributed by atoms with Gasteiger partial charge in [-0.2, -0.15) is 0 Å². The van der Waals surface area contributed by atoms with E-state index in [2.05, 4.69) is 0 Å². The van der Waals surface area contributed by atoms with E-state index in [0.29, 0.717) is 0 Å². The van der Waals surface area contributed by atoms with Crippen LogP contribution in [-0.2, 0) is 0 Å². The Labute approximate surface area is 271 Å². The molecule has 0 aliphatic rings. The van der Waals surface area contributed by atoms with Crippen LogP contribution in [0, 0.1) is 0 Å². The van der Waals surface area contributed by atoms with Gasteiger partial charge in [0, 0.05) is 27.6 Å². The summed E-state index contributed by atoms with van der Waals surface area (Å²) < 4.78 is 208. The minimum Gasteiger partial charge on any atom is -0.455 e. The Morgan fingerprint density at radius 3 is 1.41 bits per heavy atom. The summed E-state index contributed by atoms with van der Waals surface area (Å²) in [6.07, 6.45) is 0. The van der Waals surface area contributed by atoms with E-state index < -0.39 is 200 Å². The van der Waals surface area contributed by atoms with Crippen LogP contribution >= 0.6 is 0 Å². The maximum atomic E-state index is 9.43. The summed E-state index contributed by atoms with van der Waals surface area (Å²) in [4.78, 5) is 0. The topological polar surface area (TPSA) is 13.1 Å². The van der Waals surface area contributed by atoms with Gasteiger partial charge in [0.1, 0.15) is 11.3 Å². The highest BCUT2D eigenvalue weighted by Gasteiger charge is 2.25. The molecular formula is C40H26O. The first-order chi connectivity index (χ1) is 29.9. The van der Waals surface area contributed by atoms with Crippen molar-refractivity contribution in [3.63, 3.8) is 0 Å². The van der Waals surface area contributed by atoms with Crippen LogP contribution in [0.15, 0.2) is 162 Å². The van der Waals surface area contributed by atoms with Crippen LogP contribution in [0.5, 0.6) is 0 Å². The second-order valence-electron chi connectivity index (χ2n) is 8.74. The van der Waals surface area contributed by atoms with E-state index in [1.807, 2.05) is 0 Å². The summed E-state index contributed by atoms with van der Waals surface area (Å²) in [6.45, 7) is 0. The second kappa shape index (κ2) is 9.66. The monoisotopic (exact) mass is 545 g/mol. The molecule has 1 heteroatoms. The standard InChI is InChI=1S/C40H26O/c1-4-15-27(16-5-1)30-25-14-26-35-38(39(41-40(30)35)29-19-8-3-9-20-29)37-33-23-12-10-21-31(33)36(28-17-6-2-7-18-28)32-22-11-13-24-34(32)37/h1-26H/i1D,2D,3D,4D,5D,6D,7D,8D,9D,10D,11D,12D,13D,15D,16D,17D,18D,19D,20D,21D,22D,23D,24D. The quantitative estimate of drug-likeness (QED) is 0.200. The molecule has 0 unspecified atom stereocenters. The maximum absolute atomic E-state index is 9.43. The van der Waals surface area contributed by atoms with Gasteiger partial charge in [0.05, 0.1) is 31.5 Å². The molecule has 41 heavy (non-hydrogen) atoms. The average Bonchev–Trinajstić information content (AvgIpc) is 3.65. The Morgan fingerprint density at radius 1 is 0.390 bits per heavy atom. The normalized spacial score (nSPS) is 19.3. The third kappa shape index (κ3) is 3.78. The predicted molar refractivity (Wildman–Crippen MR) is 173 cm³/mol. The average molecular weight is 546 g/mol. The van der Waals surface area contributed by atoms with Crippen molar-refractivity contribution >= 4 is 32.5 Å². The summed E-state index contributed by atoms with van der Waals surface area (Å²) in [6, 6.07) is -15.4.